The quantitative estimate of drug-likeness (QED) is 0.124. The van der Waals surface area contributed by atoms with Gasteiger partial charge in [0.05, 0.1) is 5.41 Å². The largest absolute Gasteiger partial charge is 0.465 e. The minimum Gasteiger partial charge on any atom is -0.465 e. The SMILES string of the molecule is CC(=O)OC[C@@H]1O[C@H](OC(=O)[C@]23CC[C@H](C)[C@](C)(OC(C)=O)[C@@H]2C2=CC[C@@H]4[C@@]5(C)CC[C@H](OC(C)=O)[C@@](C)(COC(C)=O)[C@H]5CC[C@@]4(C)[C@]2(C)CC3)[C@@H](OC(C)=O)[C@H](OC(C)=O)[C@H]1OC(C)=O. The van der Waals surface area contributed by atoms with Crippen molar-refractivity contribution in [3.8, 4) is 0 Å². The van der Waals surface area contributed by atoms with Gasteiger partial charge in [0.2, 0.25) is 12.4 Å². The monoisotopic (exact) mass is 944 g/mol. The van der Waals surface area contributed by atoms with Gasteiger partial charge in [-0.05, 0) is 98.7 Å². The van der Waals surface area contributed by atoms with Crippen LogP contribution < -0.4 is 0 Å². The summed E-state index contributed by atoms with van der Waals surface area (Å²) < 4.78 is 53.0. The average molecular weight is 945 g/mol. The normalized spacial score (nSPS) is 42.0. The lowest BCUT2D eigenvalue weighted by Gasteiger charge is -2.72. The van der Waals surface area contributed by atoms with Gasteiger partial charge in [-0.25, -0.2) is 0 Å². The maximum Gasteiger partial charge on any atom is 0.315 e. The van der Waals surface area contributed by atoms with Crippen molar-refractivity contribution in [1.82, 2.24) is 0 Å². The molecular formula is C50H72O17. The van der Waals surface area contributed by atoms with Crippen molar-refractivity contribution >= 4 is 47.8 Å². The number of rotatable bonds is 11. The summed E-state index contributed by atoms with van der Waals surface area (Å²) in [5.41, 5.74) is -3.29. The summed E-state index contributed by atoms with van der Waals surface area (Å²) in [4.78, 5) is 103. The van der Waals surface area contributed by atoms with Gasteiger partial charge in [-0.15, -0.1) is 0 Å². The molecule has 0 unspecified atom stereocenters. The summed E-state index contributed by atoms with van der Waals surface area (Å²) in [5, 5.41) is 0. The minimum atomic E-state index is -1.74. The average Bonchev–Trinajstić information content (AvgIpc) is 3.20. The fourth-order valence-electron chi connectivity index (χ4n) is 14.4. The van der Waals surface area contributed by atoms with Crippen LogP contribution in [0.3, 0.4) is 0 Å². The van der Waals surface area contributed by atoms with Crippen LogP contribution in [0.4, 0.5) is 0 Å². The van der Waals surface area contributed by atoms with Gasteiger partial charge in [0.15, 0.2) is 12.2 Å². The number of hydrogen-bond acceptors (Lipinski definition) is 17. The highest BCUT2D eigenvalue weighted by Crippen LogP contribution is 2.76. The molecule has 16 atom stereocenters. The smallest absolute Gasteiger partial charge is 0.315 e. The maximum atomic E-state index is 15.6. The summed E-state index contributed by atoms with van der Waals surface area (Å²) in [7, 11) is 0. The van der Waals surface area contributed by atoms with Crippen molar-refractivity contribution in [2.45, 2.75) is 190 Å². The van der Waals surface area contributed by atoms with Crippen molar-refractivity contribution in [3.63, 3.8) is 0 Å². The predicted octanol–water partition coefficient (Wildman–Crippen LogP) is 6.43. The molecule has 17 heteroatoms. The Labute approximate surface area is 393 Å². The predicted molar refractivity (Wildman–Crippen MR) is 235 cm³/mol. The molecule has 0 N–H and O–H groups in total. The third-order valence-electron chi connectivity index (χ3n) is 17.6. The van der Waals surface area contributed by atoms with E-state index in [9.17, 15) is 33.6 Å². The fraction of sp³-hybridized carbons (Fsp3) is 0.800. The van der Waals surface area contributed by atoms with E-state index in [1.807, 2.05) is 13.8 Å². The molecule has 0 bridgehead atoms. The highest BCUT2D eigenvalue weighted by molar-refractivity contribution is 5.80. The van der Waals surface area contributed by atoms with Crippen LogP contribution in [0.25, 0.3) is 0 Å². The third kappa shape index (κ3) is 9.11. The zero-order valence-electron chi connectivity index (χ0n) is 41.6. The summed E-state index contributed by atoms with van der Waals surface area (Å²) in [6, 6.07) is 0. The minimum absolute atomic E-state index is 0.0364. The Hall–Kier alpha value is -4.54. The second-order valence-corrected chi connectivity index (χ2v) is 21.5. The van der Waals surface area contributed by atoms with Crippen molar-refractivity contribution in [3.05, 3.63) is 11.6 Å². The lowest BCUT2D eigenvalue weighted by Crippen LogP contribution is -2.69. The molecule has 67 heavy (non-hydrogen) atoms. The van der Waals surface area contributed by atoms with E-state index in [4.69, 9.17) is 42.6 Å². The first-order chi connectivity index (χ1) is 31.1. The number of allylic oxidation sites excluding steroid dienone is 1. The Morgan fingerprint density at radius 2 is 1.21 bits per heavy atom. The number of hydrogen-bond donors (Lipinski definition) is 0. The van der Waals surface area contributed by atoms with Crippen LogP contribution in [0.5, 0.6) is 0 Å². The van der Waals surface area contributed by atoms with E-state index in [-0.39, 0.29) is 41.2 Å². The highest BCUT2D eigenvalue weighted by atomic mass is 16.7. The molecule has 5 fully saturated rings. The molecule has 374 valence electrons. The van der Waals surface area contributed by atoms with Crippen LogP contribution in [-0.4, -0.2) is 103 Å². The molecule has 0 radical (unpaired) electrons. The first kappa shape index (κ1) is 51.8. The second kappa shape index (κ2) is 18.8. The van der Waals surface area contributed by atoms with Gasteiger partial charge in [-0.1, -0.05) is 46.3 Å². The first-order valence-corrected chi connectivity index (χ1v) is 23.8. The number of carbonyl (C=O) groups is 8. The zero-order chi connectivity index (χ0) is 49.8. The maximum absolute atomic E-state index is 15.6. The van der Waals surface area contributed by atoms with Crippen LogP contribution in [0.15, 0.2) is 11.6 Å². The van der Waals surface area contributed by atoms with Gasteiger partial charge in [0.25, 0.3) is 0 Å². The topological polar surface area (TPSA) is 220 Å². The molecule has 6 rings (SSSR count). The molecule has 5 aliphatic carbocycles. The zero-order valence-corrected chi connectivity index (χ0v) is 41.6. The van der Waals surface area contributed by atoms with Crippen LogP contribution in [0.1, 0.15) is 148 Å². The summed E-state index contributed by atoms with van der Waals surface area (Å²) in [6.07, 6.45) is -0.586. The Bertz CT molecular complexity index is 2050. The molecule has 0 spiro atoms. The molecule has 17 nitrogen and oxygen atoms in total. The molecule has 6 aliphatic rings. The summed E-state index contributed by atoms with van der Waals surface area (Å²) in [6.45, 7) is 21.3. The van der Waals surface area contributed by atoms with E-state index in [0.29, 0.717) is 38.5 Å². The van der Waals surface area contributed by atoms with Crippen LogP contribution >= 0.6 is 0 Å². The van der Waals surface area contributed by atoms with Gasteiger partial charge in [-0.2, -0.15) is 0 Å². The summed E-state index contributed by atoms with van der Waals surface area (Å²) in [5.74, 6) is -5.88. The first-order valence-electron chi connectivity index (χ1n) is 23.8. The lowest BCUT2D eigenvalue weighted by atomic mass is 9.33. The molecule has 0 aromatic heterocycles. The highest BCUT2D eigenvalue weighted by Gasteiger charge is 2.73. The van der Waals surface area contributed by atoms with Crippen LogP contribution in [0, 0.1) is 50.7 Å². The molecular weight excluding hydrogens is 873 g/mol. The van der Waals surface area contributed by atoms with Gasteiger partial charge in [-0.3, -0.25) is 38.4 Å². The lowest BCUT2D eigenvalue weighted by molar-refractivity contribution is -0.306. The molecule has 1 saturated heterocycles. The van der Waals surface area contributed by atoms with E-state index in [0.717, 1.165) is 45.6 Å². The van der Waals surface area contributed by atoms with Gasteiger partial charge in [0, 0.05) is 59.8 Å². The second-order valence-electron chi connectivity index (χ2n) is 21.5. The fourth-order valence-corrected chi connectivity index (χ4v) is 14.4. The molecule has 0 amide bonds. The van der Waals surface area contributed by atoms with Crippen LogP contribution in [0.2, 0.25) is 0 Å². The molecule has 0 aromatic carbocycles. The summed E-state index contributed by atoms with van der Waals surface area (Å²) >= 11 is 0. The van der Waals surface area contributed by atoms with E-state index in [1.165, 1.54) is 27.7 Å². The number of fused-ring (bicyclic) bond motifs is 7. The van der Waals surface area contributed by atoms with Gasteiger partial charge in [0.1, 0.15) is 31.0 Å². The molecule has 1 aliphatic heterocycles. The van der Waals surface area contributed by atoms with E-state index in [2.05, 4.69) is 33.8 Å². The van der Waals surface area contributed by atoms with Gasteiger partial charge < -0.3 is 42.6 Å². The van der Waals surface area contributed by atoms with Crippen LogP contribution in [-0.2, 0) is 81.0 Å². The standard InChI is InChI=1S/C50H72O17/c1-26-16-21-50(44(58)66-43-41(64-32(7)56)40(63-31(6)55)39(62-30(5)54)35(65-43)24-59-27(2)51)23-22-47(11)34(42(50)49(26,13)67-33(8)57)14-15-37-45(9)19-18-38(61-29(4)53)46(10,25-60-28(3)52)36(45)17-20-48(37,47)12/h14,26,35-43H,15-25H2,1-13H3/t26-,35-,36-,37+,38-,39-,40+,41-,42-,43+,45-,46-,47+,48+,49-,50-/m0/s1. The Morgan fingerprint density at radius 1 is 0.612 bits per heavy atom. The number of ether oxygens (including phenoxy) is 9. The van der Waals surface area contributed by atoms with Gasteiger partial charge >= 0.3 is 47.8 Å². The van der Waals surface area contributed by atoms with Crippen molar-refractivity contribution in [1.29, 1.82) is 0 Å². The van der Waals surface area contributed by atoms with Crippen molar-refractivity contribution in [2.75, 3.05) is 13.2 Å². The van der Waals surface area contributed by atoms with Crippen molar-refractivity contribution < 1.29 is 81.0 Å². The Morgan fingerprint density at radius 3 is 1.79 bits per heavy atom. The Balaban J connectivity index is 1.45. The molecule has 4 saturated carbocycles. The van der Waals surface area contributed by atoms with E-state index in [1.54, 1.807) is 0 Å². The molecule has 0 aromatic rings. The third-order valence-corrected chi connectivity index (χ3v) is 17.6. The Kier molecular flexibility index (Phi) is 14.5. The van der Waals surface area contributed by atoms with Crippen molar-refractivity contribution in [2.24, 2.45) is 50.7 Å². The van der Waals surface area contributed by atoms with E-state index < -0.39 is 113 Å². The number of esters is 8. The number of carbonyl (C=O) groups excluding carboxylic acids is 8. The molecule has 1 heterocycles. The van der Waals surface area contributed by atoms with E-state index >= 15 is 4.79 Å².